The number of benzene rings is 1. The molecule has 0 spiro atoms. The Kier molecular flexibility index (Phi) is 5.28. The van der Waals surface area contributed by atoms with E-state index in [2.05, 4.69) is 4.72 Å². The van der Waals surface area contributed by atoms with E-state index in [0.717, 1.165) is 5.56 Å². The van der Waals surface area contributed by atoms with Crippen LogP contribution in [0.4, 0.5) is 0 Å². The van der Waals surface area contributed by atoms with Gasteiger partial charge >= 0.3 is 0 Å². The minimum Gasteiger partial charge on any atom is -0.379 e. The van der Waals surface area contributed by atoms with Gasteiger partial charge in [0, 0.05) is 19.1 Å². The summed E-state index contributed by atoms with van der Waals surface area (Å²) in [6.45, 7) is 3.33. The van der Waals surface area contributed by atoms with Gasteiger partial charge in [-0.1, -0.05) is 29.3 Å². The molecule has 1 N–H and O–H groups in total. The van der Waals surface area contributed by atoms with Gasteiger partial charge in [-0.3, -0.25) is 0 Å². The Morgan fingerprint density at radius 3 is 2.50 bits per heavy atom. The van der Waals surface area contributed by atoms with Crippen LogP contribution in [0.1, 0.15) is 18.5 Å². The molecule has 1 unspecified atom stereocenters. The molecule has 1 atom stereocenters. The Morgan fingerprint density at radius 1 is 1.25 bits per heavy atom. The monoisotopic (exact) mass is 338 g/mol. The van der Waals surface area contributed by atoms with Gasteiger partial charge in [-0.2, -0.15) is 17.4 Å². The van der Waals surface area contributed by atoms with Crippen molar-refractivity contribution in [2.75, 3.05) is 26.3 Å². The first-order chi connectivity index (χ1) is 9.40. The van der Waals surface area contributed by atoms with Gasteiger partial charge in [0.05, 0.1) is 23.3 Å². The average molecular weight is 339 g/mol. The van der Waals surface area contributed by atoms with E-state index in [1.165, 1.54) is 4.31 Å². The molecule has 0 amide bonds. The fraction of sp³-hybridized carbons (Fsp3) is 0.500. The summed E-state index contributed by atoms with van der Waals surface area (Å²) >= 11 is 11.8. The summed E-state index contributed by atoms with van der Waals surface area (Å²) in [6, 6.07) is 4.67. The lowest BCUT2D eigenvalue weighted by Gasteiger charge is -2.27. The maximum Gasteiger partial charge on any atom is 0.280 e. The van der Waals surface area contributed by atoms with E-state index in [4.69, 9.17) is 27.9 Å². The van der Waals surface area contributed by atoms with E-state index in [1.807, 2.05) is 0 Å². The third-order valence-corrected chi connectivity index (χ3v) is 5.51. The summed E-state index contributed by atoms with van der Waals surface area (Å²) in [5, 5.41) is 0.847. The van der Waals surface area contributed by atoms with Crippen LogP contribution in [0, 0.1) is 0 Å². The van der Waals surface area contributed by atoms with Gasteiger partial charge in [-0.25, -0.2) is 0 Å². The second-order valence-corrected chi connectivity index (χ2v) is 7.05. The lowest BCUT2D eigenvalue weighted by atomic mass is 10.1. The van der Waals surface area contributed by atoms with Crippen molar-refractivity contribution in [2.24, 2.45) is 0 Å². The van der Waals surface area contributed by atoms with Gasteiger partial charge in [-0.05, 0) is 24.6 Å². The Balaban J connectivity index is 2.09. The molecule has 5 nitrogen and oxygen atoms in total. The second-order valence-electron chi connectivity index (χ2n) is 4.53. The van der Waals surface area contributed by atoms with Crippen LogP contribution in [0.5, 0.6) is 0 Å². The van der Waals surface area contributed by atoms with Crippen LogP contribution in [0.3, 0.4) is 0 Å². The first-order valence-corrected chi connectivity index (χ1v) is 8.40. The number of nitrogens with one attached hydrogen (secondary N) is 1. The molecule has 20 heavy (non-hydrogen) atoms. The highest BCUT2D eigenvalue weighted by Gasteiger charge is 2.26. The molecule has 1 aliphatic heterocycles. The summed E-state index contributed by atoms with van der Waals surface area (Å²) in [7, 11) is -3.53. The van der Waals surface area contributed by atoms with E-state index >= 15 is 0 Å². The highest BCUT2D eigenvalue weighted by molar-refractivity contribution is 7.87. The Hall–Kier alpha value is -0.370. The number of hydrogen-bond donors (Lipinski definition) is 1. The molecule has 2 rings (SSSR count). The highest BCUT2D eigenvalue weighted by Crippen LogP contribution is 2.26. The zero-order chi connectivity index (χ0) is 14.8. The summed E-state index contributed by atoms with van der Waals surface area (Å²) in [5.74, 6) is 0. The molecule has 1 heterocycles. The quantitative estimate of drug-likeness (QED) is 0.915. The van der Waals surface area contributed by atoms with E-state index in [1.54, 1.807) is 25.1 Å². The van der Waals surface area contributed by atoms with E-state index in [-0.39, 0.29) is 0 Å². The molecule has 1 aliphatic rings. The van der Waals surface area contributed by atoms with Crippen molar-refractivity contribution in [2.45, 2.75) is 13.0 Å². The summed E-state index contributed by atoms with van der Waals surface area (Å²) < 4.78 is 33.6. The van der Waals surface area contributed by atoms with Crippen molar-refractivity contribution < 1.29 is 13.2 Å². The summed E-state index contributed by atoms with van der Waals surface area (Å²) in [4.78, 5) is 0. The molecule has 0 bridgehead atoms. The van der Waals surface area contributed by atoms with E-state index in [9.17, 15) is 8.42 Å². The van der Waals surface area contributed by atoms with Crippen LogP contribution in [0.2, 0.25) is 10.0 Å². The van der Waals surface area contributed by atoms with Gasteiger partial charge in [0.1, 0.15) is 0 Å². The number of halogens is 2. The first-order valence-electron chi connectivity index (χ1n) is 6.20. The number of rotatable bonds is 4. The third kappa shape index (κ3) is 3.84. The van der Waals surface area contributed by atoms with Crippen LogP contribution >= 0.6 is 23.2 Å². The number of ether oxygens (including phenoxy) is 1. The van der Waals surface area contributed by atoms with Crippen molar-refractivity contribution in [3.63, 3.8) is 0 Å². The normalized spacial score (nSPS) is 18.9. The predicted octanol–water partition coefficient (Wildman–Crippen LogP) is 2.22. The topological polar surface area (TPSA) is 58.6 Å². The van der Waals surface area contributed by atoms with E-state index < -0.39 is 16.3 Å². The van der Waals surface area contributed by atoms with Gasteiger partial charge in [0.25, 0.3) is 10.2 Å². The van der Waals surface area contributed by atoms with Crippen molar-refractivity contribution >= 4 is 33.4 Å². The van der Waals surface area contributed by atoms with E-state index in [0.29, 0.717) is 36.3 Å². The van der Waals surface area contributed by atoms with Crippen LogP contribution in [0.15, 0.2) is 18.2 Å². The first kappa shape index (κ1) is 16.0. The van der Waals surface area contributed by atoms with Gasteiger partial charge in [0.2, 0.25) is 0 Å². The number of morpholine rings is 1. The molecule has 1 aromatic rings. The van der Waals surface area contributed by atoms with Crippen molar-refractivity contribution in [3.8, 4) is 0 Å². The Bertz CT molecular complexity index is 574. The smallest absolute Gasteiger partial charge is 0.280 e. The fourth-order valence-corrected chi connectivity index (χ4v) is 3.60. The second kappa shape index (κ2) is 6.60. The molecule has 1 fully saturated rings. The largest absolute Gasteiger partial charge is 0.379 e. The van der Waals surface area contributed by atoms with Gasteiger partial charge < -0.3 is 4.74 Å². The van der Waals surface area contributed by atoms with Gasteiger partial charge in [0.15, 0.2) is 0 Å². The third-order valence-electron chi connectivity index (χ3n) is 3.08. The Labute approximate surface area is 129 Å². The highest BCUT2D eigenvalue weighted by atomic mass is 35.5. The molecule has 8 heteroatoms. The summed E-state index contributed by atoms with van der Waals surface area (Å²) in [6.07, 6.45) is 0. The van der Waals surface area contributed by atoms with Crippen LogP contribution in [-0.4, -0.2) is 39.0 Å². The van der Waals surface area contributed by atoms with Crippen LogP contribution in [-0.2, 0) is 14.9 Å². The van der Waals surface area contributed by atoms with Crippen molar-refractivity contribution in [1.29, 1.82) is 0 Å². The van der Waals surface area contributed by atoms with Crippen LogP contribution < -0.4 is 4.72 Å². The van der Waals surface area contributed by atoms with Crippen molar-refractivity contribution in [3.05, 3.63) is 33.8 Å². The molecule has 1 aromatic carbocycles. The minimum atomic E-state index is -3.53. The number of hydrogen-bond acceptors (Lipinski definition) is 3. The predicted molar refractivity (Wildman–Crippen MR) is 79.3 cm³/mol. The SMILES string of the molecule is CC(NS(=O)(=O)N1CCOCC1)c1ccc(Cl)c(Cl)c1. The fourth-order valence-electron chi connectivity index (χ4n) is 1.93. The number of nitrogens with zero attached hydrogens (tertiary/aromatic N) is 1. The maximum atomic E-state index is 12.2. The van der Waals surface area contributed by atoms with Crippen LogP contribution in [0.25, 0.3) is 0 Å². The molecule has 0 aromatic heterocycles. The minimum absolute atomic E-state index is 0.365. The van der Waals surface area contributed by atoms with Crippen molar-refractivity contribution in [1.82, 2.24) is 9.03 Å². The molecular weight excluding hydrogens is 323 g/mol. The average Bonchev–Trinajstić information content (AvgIpc) is 2.42. The molecule has 0 saturated carbocycles. The standard InChI is InChI=1S/C12H16Cl2N2O3S/c1-9(10-2-3-11(13)12(14)8-10)15-20(17,18)16-4-6-19-7-5-16/h2-3,8-9,15H,4-7H2,1H3. The molecule has 0 radical (unpaired) electrons. The molecule has 0 aliphatic carbocycles. The molecule has 1 saturated heterocycles. The zero-order valence-electron chi connectivity index (χ0n) is 11.0. The molecule has 112 valence electrons. The zero-order valence-corrected chi connectivity index (χ0v) is 13.3. The summed E-state index contributed by atoms with van der Waals surface area (Å²) in [5.41, 5.74) is 0.760. The maximum absolute atomic E-state index is 12.2. The lowest BCUT2D eigenvalue weighted by Crippen LogP contribution is -2.47. The lowest BCUT2D eigenvalue weighted by molar-refractivity contribution is 0.0723. The van der Waals surface area contributed by atoms with Gasteiger partial charge in [-0.15, -0.1) is 0 Å². The Morgan fingerprint density at radius 2 is 1.90 bits per heavy atom. The molecular formula is C12H16Cl2N2O3S.